The van der Waals surface area contributed by atoms with Gasteiger partial charge in [0.1, 0.15) is 17.0 Å². The number of methoxy groups -OCH3 is 1. The first-order valence-electron chi connectivity index (χ1n) is 9.01. The number of alkyl carbamates (subject to hydrolysis) is 1. The Morgan fingerprint density at radius 2 is 1.93 bits per heavy atom. The summed E-state index contributed by atoms with van der Waals surface area (Å²) in [5, 5.41) is 12.5. The quantitative estimate of drug-likeness (QED) is 0.706. The number of carboxylic acid groups (broad SMARTS) is 1. The van der Waals surface area contributed by atoms with Gasteiger partial charge < -0.3 is 19.9 Å². The van der Waals surface area contributed by atoms with Crippen molar-refractivity contribution >= 4 is 23.7 Å². The van der Waals surface area contributed by atoms with Gasteiger partial charge in [0.25, 0.3) is 0 Å². The van der Waals surface area contributed by atoms with Gasteiger partial charge in [-0.05, 0) is 58.4 Å². The summed E-state index contributed by atoms with van der Waals surface area (Å²) in [6.07, 6.45) is -0.573. The van der Waals surface area contributed by atoms with Crippen LogP contribution in [0.15, 0.2) is 24.3 Å². The van der Waals surface area contributed by atoms with E-state index in [0.717, 1.165) is 0 Å². The lowest BCUT2D eigenvalue weighted by Crippen LogP contribution is -2.34. The Morgan fingerprint density at radius 1 is 1.28 bits per heavy atom. The maximum atomic E-state index is 12.2. The van der Waals surface area contributed by atoms with E-state index < -0.39 is 23.7 Å². The minimum absolute atomic E-state index is 0.0922. The largest absolute Gasteiger partial charge is 0.496 e. The van der Waals surface area contributed by atoms with Gasteiger partial charge in [-0.2, -0.15) is 0 Å². The molecule has 1 amide bonds. The summed E-state index contributed by atoms with van der Waals surface area (Å²) in [5.41, 5.74) is 1.55. The summed E-state index contributed by atoms with van der Waals surface area (Å²) in [5.74, 6) is -0.684. The summed E-state index contributed by atoms with van der Waals surface area (Å²) in [6, 6.07) is 5.92. The number of carbonyl (C=O) groups is 2. The molecule has 0 aliphatic carbocycles. The van der Waals surface area contributed by atoms with E-state index in [1.807, 2.05) is 0 Å². The summed E-state index contributed by atoms with van der Waals surface area (Å²) in [6.45, 7) is 8.91. The zero-order valence-electron chi connectivity index (χ0n) is 17.3. The zero-order chi connectivity index (χ0) is 21.9. The molecular weight excluding hydrogens is 396 g/mol. The van der Waals surface area contributed by atoms with E-state index in [1.165, 1.54) is 13.2 Å². The van der Waals surface area contributed by atoms with Crippen LogP contribution in [-0.4, -0.2) is 34.9 Å². The van der Waals surface area contributed by atoms with Crippen molar-refractivity contribution in [2.45, 2.75) is 46.3 Å². The molecule has 0 aliphatic rings. The van der Waals surface area contributed by atoms with E-state index in [4.69, 9.17) is 21.1 Å². The third-order valence-corrected chi connectivity index (χ3v) is 4.53. The molecule has 1 heterocycles. The highest BCUT2D eigenvalue weighted by molar-refractivity contribution is 6.32. The maximum absolute atomic E-state index is 12.2. The van der Waals surface area contributed by atoms with Gasteiger partial charge in [0.05, 0.1) is 18.8 Å². The molecule has 2 rings (SSSR count). The fourth-order valence-electron chi connectivity index (χ4n) is 2.85. The highest BCUT2D eigenvalue weighted by Gasteiger charge is 2.24. The van der Waals surface area contributed by atoms with Gasteiger partial charge in [-0.15, -0.1) is 0 Å². The van der Waals surface area contributed by atoms with Crippen LogP contribution in [0.25, 0.3) is 11.3 Å². The Bertz CT molecular complexity index is 937. The summed E-state index contributed by atoms with van der Waals surface area (Å²) < 4.78 is 10.9. The van der Waals surface area contributed by atoms with Gasteiger partial charge in [0, 0.05) is 16.1 Å². The van der Waals surface area contributed by atoms with Crippen molar-refractivity contribution in [2.24, 2.45) is 0 Å². The van der Waals surface area contributed by atoms with Crippen molar-refractivity contribution in [1.29, 1.82) is 0 Å². The molecule has 8 heteroatoms. The number of halogens is 1. The molecule has 0 bridgehead atoms. The summed E-state index contributed by atoms with van der Waals surface area (Å²) in [7, 11) is 1.50. The molecule has 156 valence electrons. The molecule has 0 aliphatic heterocycles. The standard InChI is InChI=1S/C21H25ClN2O5/c1-11-14(22)10-13(12(2)23-20(27)29-21(3,4)5)18(28-6)17(11)15-8-7-9-16(24-15)19(25)26/h7-10,12H,1-6H3,(H,23,27)(H,25,26). The first-order chi connectivity index (χ1) is 13.4. The van der Waals surface area contributed by atoms with E-state index in [0.29, 0.717) is 33.2 Å². The van der Waals surface area contributed by atoms with Crippen LogP contribution in [0.2, 0.25) is 5.02 Å². The number of hydrogen-bond acceptors (Lipinski definition) is 5. The van der Waals surface area contributed by atoms with Crippen molar-refractivity contribution in [2.75, 3.05) is 7.11 Å². The predicted octanol–water partition coefficient (Wildman–Crippen LogP) is 5.00. The van der Waals surface area contributed by atoms with Crippen LogP contribution in [0.1, 0.15) is 55.4 Å². The Labute approximate surface area is 175 Å². The molecule has 1 aromatic heterocycles. The average Bonchev–Trinajstić information content (AvgIpc) is 2.61. The number of nitrogens with one attached hydrogen (secondary N) is 1. The minimum Gasteiger partial charge on any atom is -0.496 e. The van der Waals surface area contributed by atoms with Crippen molar-refractivity contribution in [3.63, 3.8) is 0 Å². The second-order valence-electron chi connectivity index (χ2n) is 7.56. The van der Waals surface area contributed by atoms with E-state index >= 15 is 0 Å². The molecular formula is C21H25ClN2O5. The molecule has 0 saturated heterocycles. The minimum atomic E-state index is -1.13. The number of amides is 1. The number of ether oxygens (including phenoxy) is 2. The third kappa shape index (κ3) is 5.38. The Hall–Kier alpha value is -2.80. The number of benzene rings is 1. The van der Waals surface area contributed by atoms with E-state index in [2.05, 4.69) is 10.3 Å². The lowest BCUT2D eigenvalue weighted by atomic mass is 9.96. The van der Waals surface area contributed by atoms with Crippen LogP contribution >= 0.6 is 11.6 Å². The number of pyridine rings is 1. The van der Waals surface area contributed by atoms with Gasteiger partial charge in [0.15, 0.2) is 0 Å². The van der Waals surface area contributed by atoms with Crippen LogP contribution in [0.3, 0.4) is 0 Å². The Balaban J connectivity index is 2.55. The lowest BCUT2D eigenvalue weighted by molar-refractivity contribution is 0.0507. The fraction of sp³-hybridized carbons (Fsp3) is 0.381. The molecule has 2 N–H and O–H groups in total. The van der Waals surface area contributed by atoms with Gasteiger partial charge in [-0.1, -0.05) is 17.7 Å². The Morgan fingerprint density at radius 3 is 2.48 bits per heavy atom. The third-order valence-electron chi connectivity index (χ3n) is 4.13. The molecule has 0 fully saturated rings. The first kappa shape index (κ1) is 22.5. The van der Waals surface area contributed by atoms with Crippen molar-refractivity contribution in [1.82, 2.24) is 10.3 Å². The second kappa shape index (κ2) is 8.69. The first-order valence-corrected chi connectivity index (χ1v) is 9.39. The van der Waals surface area contributed by atoms with E-state index in [-0.39, 0.29) is 5.69 Å². The van der Waals surface area contributed by atoms with Crippen molar-refractivity contribution in [3.05, 3.63) is 46.1 Å². The molecule has 0 radical (unpaired) electrons. The molecule has 0 saturated carbocycles. The number of carbonyl (C=O) groups excluding carboxylic acids is 1. The zero-order valence-corrected chi connectivity index (χ0v) is 18.0. The van der Waals surface area contributed by atoms with Crippen LogP contribution < -0.4 is 10.1 Å². The maximum Gasteiger partial charge on any atom is 0.408 e. The SMILES string of the molecule is COc1c(C(C)NC(=O)OC(C)(C)C)cc(Cl)c(C)c1-c1cccc(C(=O)O)n1. The number of carboxylic acids is 1. The second-order valence-corrected chi connectivity index (χ2v) is 7.97. The van der Waals surface area contributed by atoms with Crippen LogP contribution in [0, 0.1) is 6.92 Å². The van der Waals surface area contributed by atoms with Gasteiger partial charge in [-0.25, -0.2) is 14.6 Å². The smallest absolute Gasteiger partial charge is 0.408 e. The molecule has 1 unspecified atom stereocenters. The Kier molecular flexibility index (Phi) is 6.74. The van der Waals surface area contributed by atoms with Crippen LogP contribution in [-0.2, 0) is 4.74 Å². The van der Waals surface area contributed by atoms with E-state index in [9.17, 15) is 14.7 Å². The van der Waals surface area contributed by atoms with Crippen LogP contribution in [0.4, 0.5) is 4.79 Å². The number of hydrogen-bond donors (Lipinski definition) is 2. The molecule has 0 spiro atoms. The van der Waals surface area contributed by atoms with E-state index in [1.54, 1.807) is 52.8 Å². The predicted molar refractivity (Wildman–Crippen MR) is 111 cm³/mol. The summed E-state index contributed by atoms with van der Waals surface area (Å²) in [4.78, 5) is 27.7. The molecule has 1 atom stereocenters. The molecule has 29 heavy (non-hydrogen) atoms. The molecule has 7 nitrogen and oxygen atoms in total. The monoisotopic (exact) mass is 420 g/mol. The average molecular weight is 421 g/mol. The highest BCUT2D eigenvalue weighted by atomic mass is 35.5. The topological polar surface area (TPSA) is 97.8 Å². The van der Waals surface area contributed by atoms with Crippen molar-refractivity contribution in [3.8, 4) is 17.0 Å². The van der Waals surface area contributed by atoms with Crippen molar-refractivity contribution < 1.29 is 24.2 Å². The summed E-state index contributed by atoms with van der Waals surface area (Å²) >= 11 is 6.44. The lowest BCUT2D eigenvalue weighted by Gasteiger charge is -2.24. The number of nitrogens with zero attached hydrogens (tertiary/aromatic N) is 1. The van der Waals surface area contributed by atoms with Gasteiger partial charge in [-0.3, -0.25) is 0 Å². The molecule has 2 aromatic rings. The van der Waals surface area contributed by atoms with Crippen LogP contribution in [0.5, 0.6) is 5.75 Å². The molecule has 1 aromatic carbocycles. The normalized spacial score (nSPS) is 12.2. The number of aromatic carboxylic acids is 1. The van der Waals surface area contributed by atoms with Gasteiger partial charge in [0.2, 0.25) is 0 Å². The highest BCUT2D eigenvalue weighted by Crippen LogP contribution is 2.41. The van der Waals surface area contributed by atoms with Gasteiger partial charge >= 0.3 is 12.1 Å². The number of aromatic nitrogens is 1. The number of rotatable bonds is 5. The fourth-order valence-corrected chi connectivity index (χ4v) is 3.06.